The second kappa shape index (κ2) is 6.67. The quantitative estimate of drug-likeness (QED) is 0.893. The minimum absolute atomic E-state index is 0.0792. The highest BCUT2D eigenvalue weighted by Gasteiger charge is 2.18. The Kier molecular flexibility index (Phi) is 4.90. The summed E-state index contributed by atoms with van der Waals surface area (Å²) < 4.78 is 10.9. The van der Waals surface area contributed by atoms with Crippen LogP contribution in [0.4, 0.5) is 0 Å². The van der Waals surface area contributed by atoms with Gasteiger partial charge in [-0.25, -0.2) is 0 Å². The Hall–Kier alpha value is -1.95. The number of amides is 1. The first-order valence-corrected chi connectivity index (χ1v) is 6.89. The number of fused-ring (bicyclic) bond motifs is 1. The molecule has 2 rings (SSSR count). The van der Waals surface area contributed by atoms with E-state index in [0.29, 0.717) is 35.3 Å². The molecule has 1 heterocycles. The summed E-state index contributed by atoms with van der Waals surface area (Å²) in [6, 6.07) is 3.39. The molecule has 1 aromatic carbocycles. The molecule has 0 aromatic heterocycles. The zero-order chi connectivity index (χ0) is 15.4. The Bertz CT molecular complexity index is 561. The van der Waals surface area contributed by atoms with Crippen LogP contribution < -0.4 is 9.47 Å². The standard InChI is InChI=1S/C14H16ClNO5/c1-16(3-2-13(18)19)12(17)8-9-6-10(15)14-11(7-9)20-4-5-21-14/h6-7H,2-5,8H2,1H3,(H,18,19). The Labute approximate surface area is 127 Å². The Balaban J connectivity index is 2.04. The van der Waals surface area contributed by atoms with E-state index in [9.17, 15) is 9.59 Å². The summed E-state index contributed by atoms with van der Waals surface area (Å²) in [7, 11) is 1.57. The first-order valence-electron chi connectivity index (χ1n) is 6.51. The van der Waals surface area contributed by atoms with Crippen LogP contribution >= 0.6 is 11.6 Å². The second-order valence-electron chi connectivity index (χ2n) is 4.74. The third kappa shape index (κ3) is 4.01. The first kappa shape index (κ1) is 15.4. The molecule has 1 aromatic rings. The fourth-order valence-electron chi connectivity index (χ4n) is 1.96. The van der Waals surface area contributed by atoms with Crippen LogP contribution in [0.25, 0.3) is 0 Å². The minimum Gasteiger partial charge on any atom is -0.486 e. The Morgan fingerprint density at radius 3 is 2.76 bits per heavy atom. The van der Waals surface area contributed by atoms with E-state index in [2.05, 4.69) is 0 Å². The number of carbonyl (C=O) groups excluding carboxylic acids is 1. The molecular weight excluding hydrogens is 298 g/mol. The van der Waals surface area contributed by atoms with Crippen LogP contribution in [0.15, 0.2) is 12.1 Å². The number of ether oxygens (including phenoxy) is 2. The summed E-state index contributed by atoms with van der Waals surface area (Å²) in [6.45, 7) is 1.06. The summed E-state index contributed by atoms with van der Waals surface area (Å²) in [5.41, 5.74) is 0.705. The van der Waals surface area contributed by atoms with Crippen LogP contribution in [0, 0.1) is 0 Å². The first-order chi connectivity index (χ1) is 9.97. The number of carbonyl (C=O) groups is 2. The summed E-state index contributed by atoms with van der Waals surface area (Å²) in [6.07, 6.45) is 0.0522. The van der Waals surface area contributed by atoms with E-state index < -0.39 is 5.97 Å². The number of hydrogen-bond donors (Lipinski definition) is 1. The van der Waals surface area contributed by atoms with Crippen molar-refractivity contribution >= 4 is 23.5 Å². The third-order valence-corrected chi connectivity index (χ3v) is 3.38. The molecule has 0 saturated heterocycles. The van der Waals surface area contributed by atoms with Gasteiger partial charge in [-0.2, -0.15) is 0 Å². The van der Waals surface area contributed by atoms with Crippen molar-refractivity contribution in [3.05, 3.63) is 22.7 Å². The fourth-order valence-corrected chi connectivity index (χ4v) is 2.25. The van der Waals surface area contributed by atoms with E-state index in [1.807, 2.05) is 0 Å². The molecule has 7 heteroatoms. The normalized spacial score (nSPS) is 12.9. The van der Waals surface area contributed by atoms with Crippen LogP contribution in [-0.4, -0.2) is 48.7 Å². The van der Waals surface area contributed by atoms with Crippen molar-refractivity contribution < 1.29 is 24.2 Å². The van der Waals surface area contributed by atoms with Gasteiger partial charge >= 0.3 is 5.97 Å². The molecule has 1 aliphatic heterocycles. The second-order valence-corrected chi connectivity index (χ2v) is 5.14. The van der Waals surface area contributed by atoms with Gasteiger partial charge in [0.15, 0.2) is 11.5 Å². The van der Waals surface area contributed by atoms with Gasteiger partial charge in [0.1, 0.15) is 13.2 Å². The molecule has 0 fully saturated rings. The van der Waals surface area contributed by atoms with Crippen molar-refractivity contribution in [1.82, 2.24) is 4.90 Å². The van der Waals surface area contributed by atoms with Gasteiger partial charge in [-0.3, -0.25) is 9.59 Å². The smallest absolute Gasteiger partial charge is 0.305 e. The van der Waals surface area contributed by atoms with Crippen LogP contribution in [0.3, 0.4) is 0 Å². The molecule has 0 bridgehead atoms. The maximum atomic E-state index is 12.0. The highest BCUT2D eigenvalue weighted by Crippen LogP contribution is 2.38. The molecule has 6 nitrogen and oxygen atoms in total. The number of halogens is 1. The van der Waals surface area contributed by atoms with E-state index in [-0.39, 0.29) is 25.3 Å². The lowest BCUT2D eigenvalue weighted by molar-refractivity contribution is -0.138. The maximum absolute atomic E-state index is 12.0. The number of aliphatic carboxylic acids is 1. The average Bonchev–Trinajstić information content (AvgIpc) is 2.44. The molecule has 1 aliphatic rings. The molecule has 0 saturated carbocycles. The maximum Gasteiger partial charge on any atom is 0.305 e. The number of benzene rings is 1. The summed E-state index contributed by atoms with van der Waals surface area (Å²) in [4.78, 5) is 23.9. The third-order valence-electron chi connectivity index (χ3n) is 3.10. The lowest BCUT2D eigenvalue weighted by Gasteiger charge is -2.21. The SMILES string of the molecule is CN(CCC(=O)O)C(=O)Cc1cc(Cl)c2c(c1)OCCO2. The molecule has 114 valence electrons. The molecule has 0 spiro atoms. The van der Waals surface area contributed by atoms with E-state index in [0.717, 1.165) is 0 Å². The number of likely N-dealkylation sites (N-methyl/N-ethyl adjacent to an activating group) is 1. The van der Waals surface area contributed by atoms with Gasteiger partial charge in [0.2, 0.25) is 5.91 Å². The van der Waals surface area contributed by atoms with E-state index in [1.54, 1.807) is 19.2 Å². The largest absolute Gasteiger partial charge is 0.486 e. The molecule has 1 N–H and O–H groups in total. The van der Waals surface area contributed by atoms with Gasteiger partial charge < -0.3 is 19.5 Å². The molecule has 1 amide bonds. The number of carboxylic acid groups (broad SMARTS) is 1. The fraction of sp³-hybridized carbons (Fsp3) is 0.429. The highest BCUT2D eigenvalue weighted by atomic mass is 35.5. The summed E-state index contributed by atoms with van der Waals surface area (Å²) >= 11 is 6.11. The van der Waals surface area contributed by atoms with Gasteiger partial charge in [0, 0.05) is 13.6 Å². The topological polar surface area (TPSA) is 76.1 Å². The van der Waals surface area contributed by atoms with Gasteiger partial charge in [-0.15, -0.1) is 0 Å². The lowest BCUT2D eigenvalue weighted by Crippen LogP contribution is -2.30. The van der Waals surface area contributed by atoms with Gasteiger partial charge in [0.05, 0.1) is 17.9 Å². The minimum atomic E-state index is -0.933. The van der Waals surface area contributed by atoms with E-state index >= 15 is 0 Å². The monoisotopic (exact) mass is 313 g/mol. The van der Waals surface area contributed by atoms with Crippen LogP contribution in [-0.2, 0) is 16.0 Å². The Morgan fingerprint density at radius 2 is 2.05 bits per heavy atom. The van der Waals surface area contributed by atoms with Crippen molar-refractivity contribution in [2.75, 3.05) is 26.8 Å². The van der Waals surface area contributed by atoms with Crippen molar-refractivity contribution in [1.29, 1.82) is 0 Å². The molecule has 21 heavy (non-hydrogen) atoms. The van der Waals surface area contributed by atoms with Crippen LogP contribution in [0.1, 0.15) is 12.0 Å². The predicted octanol–water partition coefficient (Wildman–Crippen LogP) is 1.59. The zero-order valence-electron chi connectivity index (χ0n) is 11.6. The van der Waals surface area contributed by atoms with Crippen molar-refractivity contribution in [3.8, 4) is 11.5 Å². The zero-order valence-corrected chi connectivity index (χ0v) is 12.4. The molecule has 0 atom stereocenters. The van der Waals surface area contributed by atoms with Gasteiger partial charge in [0.25, 0.3) is 0 Å². The molecule has 0 aliphatic carbocycles. The Morgan fingerprint density at radius 1 is 1.33 bits per heavy atom. The average molecular weight is 314 g/mol. The van der Waals surface area contributed by atoms with Crippen LogP contribution in [0.2, 0.25) is 5.02 Å². The van der Waals surface area contributed by atoms with Gasteiger partial charge in [-0.05, 0) is 17.7 Å². The molecule has 0 radical (unpaired) electrons. The number of carboxylic acids is 1. The number of hydrogen-bond acceptors (Lipinski definition) is 4. The highest BCUT2D eigenvalue weighted by molar-refractivity contribution is 6.32. The van der Waals surface area contributed by atoms with Crippen molar-refractivity contribution in [2.24, 2.45) is 0 Å². The van der Waals surface area contributed by atoms with Crippen molar-refractivity contribution in [2.45, 2.75) is 12.8 Å². The summed E-state index contributed by atoms with van der Waals surface area (Å²) in [5, 5.41) is 9.02. The molecular formula is C14H16ClNO5. The summed E-state index contributed by atoms with van der Waals surface area (Å²) in [5.74, 6) is -0.0795. The van der Waals surface area contributed by atoms with Crippen LogP contribution in [0.5, 0.6) is 11.5 Å². The van der Waals surface area contributed by atoms with Gasteiger partial charge in [-0.1, -0.05) is 11.6 Å². The van der Waals surface area contributed by atoms with E-state index in [4.69, 9.17) is 26.2 Å². The van der Waals surface area contributed by atoms with Crippen molar-refractivity contribution in [3.63, 3.8) is 0 Å². The molecule has 0 unspecified atom stereocenters. The number of nitrogens with zero attached hydrogens (tertiary/aromatic N) is 1. The number of rotatable bonds is 5. The lowest BCUT2D eigenvalue weighted by atomic mass is 10.1. The van der Waals surface area contributed by atoms with E-state index in [1.165, 1.54) is 4.90 Å². The predicted molar refractivity (Wildman–Crippen MR) is 76.0 cm³/mol.